The molecule has 0 bridgehead atoms. The highest BCUT2D eigenvalue weighted by Gasteiger charge is 2.38. The highest BCUT2D eigenvalue weighted by Crippen LogP contribution is 2.37. The third-order valence-corrected chi connectivity index (χ3v) is 10.3. The van der Waals surface area contributed by atoms with Gasteiger partial charge in [-0.05, 0) is 49.6 Å². The summed E-state index contributed by atoms with van der Waals surface area (Å²) >= 11 is 1.06. The van der Waals surface area contributed by atoms with Gasteiger partial charge in [0.2, 0.25) is 0 Å². The minimum Gasteiger partial charge on any atom is -0.447 e. The number of anilines is 1. The molecule has 1 amide bonds. The number of carbonyl (C=O) groups is 1. The van der Waals surface area contributed by atoms with Gasteiger partial charge in [0.25, 0.3) is 5.56 Å². The molecule has 2 aliphatic rings. The van der Waals surface area contributed by atoms with Crippen molar-refractivity contribution in [2.45, 2.75) is 42.6 Å². The Morgan fingerprint density at radius 2 is 2.00 bits per heavy atom. The van der Waals surface area contributed by atoms with Gasteiger partial charge in [-0.2, -0.15) is 5.26 Å². The molecule has 0 radical (unpaired) electrons. The number of piperidine rings is 1. The van der Waals surface area contributed by atoms with Crippen LogP contribution in [0.2, 0.25) is 0 Å². The van der Waals surface area contributed by atoms with E-state index in [0.29, 0.717) is 71.1 Å². The third-order valence-electron chi connectivity index (χ3n) is 7.50. The number of nitrogens with one attached hydrogen (secondary N) is 1. The van der Waals surface area contributed by atoms with Crippen molar-refractivity contribution in [3.8, 4) is 16.6 Å². The summed E-state index contributed by atoms with van der Waals surface area (Å²) in [5.74, 6) is 0.521. The lowest BCUT2D eigenvalue weighted by atomic mass is 9.97. The maximum Gasteiger partial charge on any atom is 0.410 e. The molecule has 4 aromatic rings. The van der Waals surface area contributed by atoms with E-state index in [4.69, 9.17) is 15.0 Å². The first-order chi connectivity index (χ1) is 19.6. The summed E-state index contributed by atoms with van der Waals surface area (Å²) in [5, 5.41) is 13.6. The molecule has 0 unspecified atom stereocenters. The summed E-state index contributed by atoms with van der Waals surface area (Å²) in [6.45, 7) is 2.95. The number of rotatable bonds is 6. The molecule has 2 saturated heterocycles. The minimum atomic E-state index is -3.44. The molecule has 2 aliphatic heterocycles. The van der Waals surface area contributed by atoms with Crippen LogP contribution < -0.4 is 10.9 Å². The maximum atomic E-state index is 13.8. The molecule has 11 nitrogen and oxygen atoms in total. The zero-order valence-electron chi connectivity index (χ0n) is 22.3. The molecule has 2 atom stereocenters. The maximum absolute atomic E-state index is 13.8. The minimum absolute atomic E-state index is 0.00410. The van der Waals surface area contributed by atoms with Gasteiger partial charge >= 0.3 is 6.09 Å². The summed E-state index contributed by atoms with van der Waals surface area (Å²) in [6.07, 6.45) is 3.55. The number of sulfone groups is 1. The number of nitrogens with zero attached hydrogens (tertiary/aromatic N) is 5. The number of aromatic nitrogens is 3. The Balaban J connectivity index is 1.42. The van der Waals surface area contributed by atoms with Crippen LogP contribution in [0, 0.1) is 18.3 Å². The molecule has 0 spiro atoms. The zero-order chi connectivity index (χ0) is 28.9. The van der Waals surface area contributed by atoms with E-state index in [-0.39, 0.29) is 27.9 Å². The van der Waals surface area contributed by atoms with Gasteiger partial charge in [-0.1, -0.05) is 12.1 Å². The summed E-state index contributed by atoms with van der Waals surface area (Å²) < 4.78 is 31.3. The van der Waals surface area contributed by atoms with Crippen molar-refractivity contribution in [3.05, 3.63) is 69.9 Å². The lowest BCUT2D eigenvalue weighted by Crippen LogP contribution is -2.45. The van der Waals surface area contributed by atoms with E-state index in [2.05, 4.69) is 16.4 Å². The molecule has 4 heterocycles. The van der Waals surface area contributed by atoms with Crippen molar-refractivity contribution < 1.29 is 17.9 Å². The van der Waals surface area contributed by atoms with Crippen molar-refractivity contribution in [2.75, 3.05) is 24.7 Å². The lowest BCUT2D eigenvalue weighted by molar-refractivity contribution is 0.153. The number of cyclic esters (lactones) is 1. The van der Waals surface area contributed by atoms with Gasteiger partial charge in [0, 0.05) is 30.1 Å². The van der Waals surface area contributed by atoms with Crippen LogP contribution in [0.1, 0.15) is 29.8 Å². The molecule has 13 heteroatoms. The number of aryl methyl sites for hydroxylation is 1. The first kappa shape index (κ1) is 26.9. The van der Waals surface area contributed by atoms with Gasteiger partial charge in [-0.3, -0.25) is 9.36 Å². The van der Waals surface area contributed by atoms with Crippen molar-refractivity contribution in [1.29, 1.82) is 5.26 Å². The zero-order valence-corrected chi connectivity index (χ0v) is 24.0. The van der Waals surface area contributed by atoms with E-state index in [0.717, 1.165) is 23.2 Å². The number of amides is 1. The lowest BCUT2D eigenvalue weighted by Gasteiger charge is -2.33. The number of carbonyl (C=O) groups excluding carboxylic acids is 1. The Hall–Kier alpha value is -4.28. The van der Waals surface area contributed by atoms with E-state index in [1.165, 1.54) is 6.20 Å². The molecule has 0 aliphatic carbocycles. The number of thiazole rings is 1. The second kappa shape index (κ2) is 10.3. The van der Waals surface area contributed by atoms with E-state index < -0.39 is 9.84 Å². The Kier molecular flexibility index (Phi) is 6.75. The van der Waals surface area contributed by atoms with Crippen LogP contribution in [0.25, 0.3) is 21.5 Å². The monoisotopic (exact) mass is 590 g/mol. The fraction of sp³-hybridized carbons (Fsp3) is 0.321. The number of ether oxygens (including phenoxy) is 1. The fourth-order valence-corrected chi connectivity index (χ4v) is 7.10. The van der Waals surface area contributed by atoms with E-state index >= 15 is 0 Å². The van der Waals surface area contributed by atoms with Crippen LogP contribution >= 0.6 is 11.3 Å². The van der Waals surface area contributed by atoms with E-state index in [1.54, 1.807) is 40.7 Å². The normalized spacial score (nSPS) is 18.7. The van der Waals surface area contributed by atoms with E-state index in [1.807, 2.05) is 12.1 Å². The summed E-state index contributed by atoms with van der Waals surface area (Å²) in [4.78, 5) is 36.6. The van der Waals surface area contributed by atoms with Crippen LogP contribution in [0.4, 0.5) is 10.5 Å². The van der Waals surface area contributed by atoms with Crippen molar-refractivity contribution in [2.24, 2.45) is 0 Å². The highest BCUT2D eigenvalue weighted by molar-refractivity contribution is 7.92. The summed E-state index contributed by atoms with van der Waals surface area (Å²) in [6, 6.07) is 12.7. The van der Waals surface area contributed by atoms with Crippen molar-refractivity contribution in [3.63, 3.8) is 0 Å². The molecule has 2 aromatic heterocycles. The number of hydrogen-bond donors (Lipinski definition) is 1. The Labute approximate surface area is 240 Å². The molecular weight excluding hydrogens is 564 g/mol. The van der Waals surface area contributed by atoms with Crippen molar-refractivity contribution in [1.82, 2.24) is 19.4 Å². The first-order valence-electron chi connectivity index (χ1n) is 13.0. The highest BCUT2D eigenvalue weighted by atomic mass is 32.2. The third kappa shape index (κ3) is 5.16. The predicted molar refractivity (Wildman–Crippen MR) is 154 cm³/mol. The molecule has 2 fully saturated rings. The molecule has 2 aromatic carbocycles. The van der Waals surface area contributed by atoms with Crippen LogP contribution in [0.15, 0.2) is 51.6 Å². The number of benzene rings is 2. The molecule has 1 N–H and O–H groups in total. The van der Waals surface area contributed by atoms with Gasteiger partial charge in [0.05, 0.1) is 41.3 Å². The van der Waals surface area contributed by atoms with Crippen LogP contribution in [-0.2, 0) is 21.1 Å². The number of fused-ring (bicyclic) bond motifs is 2. The quantitative estimate of drug-likeness (QED) is 0.356. The Morgan fingerprint density at radius 3 is 2.71 bits per heavy atom. The molecule has 210 valence electrons. The Bertz CT molecular complexity index is 1890. The van der Waals surface area contributed by atoms with E-state index in [9.17, 15) is 18.0 Å². The SMILES string of the molecule is Cc1nc2cc(-c3ncc(S(C)(=O)=O)s3)c(N[C@H]3CCN4C(=O)OC[C@@H]4C3)cc2c(=O)n1Cc1ccc(C#N)cc1. The van der Waals surface area contributed by atoms with Gasteiger partial charge < -0.3 is 15.0 Å². The van der Waals surface area contributed by atoms with Crippen molar-refractivity contribution >= 4 is 43.9 Å². The summed E-state index contributed by atoms with van der Waals surface area (Å²) in [7, 11) is -3.44. The van der Waals surface area contributed by atoms with Gasteiger partial charge in [-0.15, -0.1) is 11.3 Å². The molecule has 0 saturated carbocycles. The summed E-state index contributed by atoms with van der Waals surface area (Å²) in [5.41, 5.74) is 2.95. The van der Waals surface area contributed by atoms with Crippen LogP contribution in [0.3, 0.4) is 0 Å². The van der Waals surface area contributed by atoms with Gasteiger partial charge in [0.15, 0.2) is 9.84 Å². The van der Waals surface area contributed by atoms with Crippen LogP contribution in [-0.4, -0.2) is 65.4 Å². The largest absolute Gasteiger partial charge is 0.447 e. The number of nitriles is 1. The second-order valence-electron chi connectivity index (χ2n) is 10.3. The standard InChI is InChI=1S/C28H26N6O5S2/c1-16-31-24-10-21(26-30-13-25(40-26)41(2,37)38)23(32-19-7-8-33-20(9-19)15-39-28(33)36)11-22(24)27(35)34(16)14-18-5-3-17(12-29)4-6-18/h3-6,10-11,13,19-20,32H,7-9,14-15H2,1-2H3/t19-,20-/m0/s1. The Morgan fingerprint density at radius 1 is 1.22 bits per heavy atom. The first-order valence-corrected chi connectivity index (χ1v) is 15.7. The smallest absolute Gasteiger partial charge is 0.410 e. The molecule has 6 rings (SSSR count). The molecular formula is C28H26N6O5S2. The molecule has 41 heavy (non-hydrogen) atoms. The fourth-order valence-electron chi connectivity index (χ4n) is 5.33. The van der Waals surface area contributed by atoms with Gasteiger partial charge in [0.1, 0.15) is 21.6 Å². The average Bonchev–Trinajstić information content (AvgIpc) is 3.59. The van der Waals surface area contributed by atoms with Gasteiger partial charge in [-0.25, -0.2) is 23.2 Å². The number of hydrogen-bond acceptors (Lipinski definition) is 10. The average molecular weight is 591 g/mol. The predicted octanol–water partition coefficient (Wildman–Crippen LogP) is 3.55. The topological polar surface area (TPSA) is 147 Å². The second-order valence-corrected chi connectivity index (χ2v) is 13.6. The van der Waals surface area contributed by atoms with Crippen LogP contribution in [0.5, 0.6) is 0 Å².